The Morgan fingerprint density at radius 3 is 1.45 bits per heavy atom. The van der Waals surface area contributed by atoms with Crippen molar-refractivity contribution in [3.05, 3.63) is 0 Å². The zero-order valence-electron chi connectivity index (χ0n) is 16.3. The molecule has 0 aliphatic heterocycles. The van der Waals surface area contributed by atoms with Gasteiger partial charge in [-0.25, -0.2) is 0 Å². The Morgan fingerprint density at radius 2 is 1.05 bits per heavy atom. The zero-order chi connectivity index (χ0) is 16.5. The first-order chi connectivity index (χ1) is 10.7. The van der Waals surface area contributed by atoms with E-state index >= 15 is 0 Å². The lowest BCUT2D eigenvalue weighted by molar-refractivity contribution is 0.286. The van der Waals surface area contributed by atoms with E-state index in [-0.39, 0.29) is 0 Å². The quantitative estimate of drug-likeness (QED) is 0.260. The van der Waals surface area contributed by atoms with Gasteiger partial charge in [0.25, 0.3) is 0 Å². The molecule has 0 aliphatic rings. The molecule has 22 heavy (non-hydrogen) atoms. The molecule has 1 atom stereocenters. The van der Waals surface area contributed by atoms with Gasteiger partial charge in [0.15, 0.2) is 0 Å². The molecule has 0 aromatic rings. The summed E-state index contributed by atoms with van der Waals surface area (Å²) in [4.78, 5) is 2.44. The van der Waals surface area contributed by atoms with Crippen molar-refractivity contribution in [1.29, 1.82) is 0 Å². The Bertz CT molecular complexity index is 202. The molecule has 0 aromatic carbocycles. The molecule has 134 valence electrons. The van der Waals surface area contributed by atoms with E-state index in [0.717, 1.165) is 5.92 Å². The highest BCUT2D eigenvalue weighted by Gasteiger charge is 2.04. The van der Waals surface area contributed by atoms with Gasteiger partial charge in [0, 0.05) is 6.54 Å². The number of unbranched alkanes of at least 4 members (excludes halogenated alkanes) is 12. The summed E-state index contributed by atoms with van der Waals surface area (Å²) in [5.41, 5.74) is 0. The van der Waals surface area contributed by atoms with Gasteiger partial charge in [-0.15, -0.1) is 0 Å². The summed E-state index contributed by atoms with van der Waals surface area (Å²) >= 11 is 0. The van der Waals surface area contributed by atoms with E-state index in [1.807, 2.05) is 0 Å². The fraction of sp³-hybridized carbons (Fsp3) is 1.00. The largest absolute Gasteiger partial charge is 0.306 e. The summed E-state index contributed by atoms with van der Waals surface area (Å²) in [6.45, 7) is 9.41. The molecular weight excluding hydrogens is 266 g/mol. The van der Waals surface area contributed by atoms with Crippen molar-refractivity contribution in [2.24, 2.45) is 5.92 Å². The highest BCUT2D eigenvalue weighted by Crippen LogP contribution is 2.15. The molecule has 0 spiro atoms. The van der Waals surface area contributed by atoms with Crippen molar-refractivity contribution >= 4 is 0 Å². The second-order valence-electron chi connectivity index (χ2n) is 7.49. The van der Waals surface area contributed by atoms with Crippen LogP contribution in [0.5, 0.6) is 0 Å². The van der Waals surface area contributed by atoms with Crippen LogP contribution in [0, 0.1) is 5.92 Å². The van der Waals surface area contributed by atoms with Gasteiger partial charge in [-0.2, -0.15) is 0 Å². The van der Waals surface area contributed by atoms with Crippen LogP contribution in [-0.4, -0.2) is 25.0 Å². The molecule has 0 N–H and O–H groups in total. The fourth-order valence-corrected chi connectivity index (χ4v) is 3.26. The van der Waals surface area contributed by atoms with Crippen LogP contribution in [0.25, 0.3) is 0 Å². The SMILES string of the molecule is CCCCCCCCCCCCCCCC(C)CN(C)CC. The molecule has 0 aliphatic carbocycles. The minimum atomic E-state index is 0.873. The summed E-state index contributed by atoms with van der Waals surface area (Å²) in [7, 11) is 2.24. The Hall–Kier alpha value is -0.0400. The van der Waals surface area contributed by atoms with Crippen LogP contribution in [0.4, 0.5) is 0 Å². The van der Waals surface area contributed by atoms with Crippen molar-refractivity contribution in [3.8, 4) is 0 Å². The summed E-state index contributed by atoms with van der Waals surface area (Å²) in [5.74, 6) is 0.873. The lowest BCUT2D eigenvalue weighted by Gasteiger charge is -2.19. The van der Waals surface area contributed by atoms with Gasteiger partial charge in [0.1, 0.15) is 0 Å². The lowest BCUT2D eigenvalue weighted by Crippen LogP contribution is -2.23. The molecule has 0 aromatic heterocycles. The molecule has 0 rings (SSSR count). The number of rotatable bonds is 17. The molecule has 0 fully saturated rings. The van der Waals surface area contributed by atoms with Crippen molar-refractivity contribution in [2.45, 2.75) is 111 Å². The second-order valence-corrected chi connectivity index (χ2v) is 7.49. The van der Waals surface area contributed by atoms with Gasteiger partial charge in [0.2, 0.25) is 0 Å². The van der Waals surface area contributed by atoms with Crippen molar-refractivity contribution in [1.82, 2.24) is 4.90 Å². The van der Waals surface area contributed by atoms with Gasteiger partial charge in [0.05, 0.1) is 0 Å². The topological polar surface area (TPSA) is 3.24 Å². The first-order valence-corrected chi connectivity index (χ1v) is 10.4. The smallest absolute Gasteiger partial charge is 0.000385 e. The molecular formula is C21H45N. The number of hydrogen-bond donors (Lipinski definition) is 0. The number of nitrogens with zero attached hydrogens (tertiary/aromatic N) is 1. The second kappa shape index (κ2) is 17.3. The van der Waals surface area contributed by atoms with Gasteiger partial charge >= 0.3 is 0 Å². The normalized spacial score (nSPS) is 13.0. The summed E-state index contributed by atoms with van der Waals surface area (Å²) in [5, 5.41) is 0. The van der Waals surface area contributed by atoms with Crippen molar-refractivity contribution in [3.63, 3.8) is 0 Å². The summed E-state index contributed by atoms with van der Waals surface area (Å²) in [6.07, 6.45) is 20.4. The molecule has 0 heterocycles. The van der Waals surface area contributed by atoms with E-state index in [2.05, 4.69) is 32.7 Å². The minimum absolute atomic E-state index is 0.873. The molecule has 0 amide bonds. The first-order valence-electron chi connectivity index (χ1n) is 10.4. The predicted octanol–water partition coefficient (Wildman–Crippen LogP) is 7.06. The zero-order valence-corrected chi connectivity index (χ0v) is 16.3. The fourth-order valence-electron chi connectivity index (χ4n) is 3.26. The van der Waals surface area contributed by atoms with E-state index in [1.54, 1.807) is 0 Å². The first kappa shape index (κ1) is 22.0. The van der Waals surface area contributed by atoms with Gasteiger partial charge in [-0.05, 0) is 25.9 Å². The molecule has 1 nitrogen and oxygen atoms in total. The van der Waals surface area contributed by atoms with Crippen molar-refractivity contribution in [2.75, 3.05) is 20.1 Å². The van der Waals surface area contributed by atoms with E-state index in [1.165, 1.54) is 103 Å². The third-order valence-corrected chi connectivity index (χ3v) is 4.96. The predicted molar refractivity (Wildman–Crippen MR) is 103 cm³/mol. The minimum Gasteiger partial charge on any atom is -0.306 e. The average molecular weight is 312 g/mol. The van der Waals surface area contributed by atoms with E-state index in [0.29, 0.717) is 0 Å². The van der Waals surface area contributed by atoms with Crippen LogP contribution >= 0.6 is 0 Å². The van der Waals surface area contributed by atoms with Crippen LogP contribution < -0.4 is 0 Å². The summed E-state index contributed by atoms with van der Waals surface area (Å²) < 4.78 is 0. The van der Waals surface area contributed by atoms with Crippen molar-refractivity contribution < 1.29 is 0 Å². The molecule has 0 radical (unpaired) electrons. The Kier molecular flexibility index (Phi) is 17.3. The average Bonchev–Trinajstić information content (AvgIpc) is 2.51. The molecule has 1 unspecified atom stereocenters. The third kappa shape index (κ3) is 16.3. The van der Waals surface area contributed by atoms with Gasteiger partial charge in [-0.1, -0.05) is 104 Å². The van der Waals surface area contributed by atoms with E-state index < -0.39 is 0 Å². The third-order valence-electron chi connectivity index (χ3n) is 4.96. The Morgan fingerprint density at radius 1 is 0.636 bits per heavy atom. The van der Waals surface area contributed by atoms with Crippen LogP contribution in [-0.2, 0) is 0 Å². The van der Waals surface area contributed by atoms with Crippen LogP contribution in [0.3, 0.4) is 0 Å². The lowest BCUT2D eigenvalue weighted by atomic mass is 10.0. The maximum atomic E-state index is 2.44. The van der Waals surface area contributed by atoms with Crippen LogP contribution in [0.2, 0.25) is 0 Å². The van der Waals surface area contributed by atoms with Crippen LogP contribution in [0.1, 0.15) is 111 Å². The van der Waals surface area contributed by atoms with E-state index in [4.69, 9.17) is 0 Å². The Balaban J connectivity index is 3.11. The monoisotopic (exact) mass is 311 g/mol. The maximum Gasteiger partial charge on any atom is 0.000385 e. The Labute approximate surface area is 142 Å². The molecule has 0 saturated heterocycles. The van der Waals surface area contributed by atoms with Gasteiger partial charge < -0.3 is 4.90 Å². The highest BCUT2D eigenvalue weighted by molar-refractivity contribution is 4.58. The standard InChI is InChI=1S/C21H45N/c1-5-7-8-9-10-11-12-13-14-15-16-17-18-19-21(3)20-22(4)6-2/h21H,5-20H2,1-4H3. The van der Waals surface area contributed by atoms with E-state index in [9.17, 15) is 0 Å². The molecule has 0 saturated carbocycles. The maximum absolute atomic E-state index is 2.44. The van der Waals surface area contributed by atoms with Gasteiger partial charge in [-0.3, -0.25) is 0 Å². The highest BCUT2D eigenvalue weighted by atomic mass is 15.1. The van der Waals surface area contributed by atoms with Crippen LogP contribution in [0.15, 0.2) is 0 Å². The number of hydrogen-bond acceptors (Lipinski definition) is 1. The molecule has 0 bridgehead atoms. The molecule has 1 heteroatoms. The summed E-state index contributed by atoms with van der Waals surface area (Å²) in [6, 6.07) is 0.